The van der Waals surface area contributed by atoms with E-state index < -0.39 is 15.6 Å². The molecule has 0 bridgehead atoms. The van der Waals surface area contributed by atoms with Crippen molar-refractivity contribution in [2.24, 2.45) is 5.14 Å². The monoisotopic (exact) mass is 465 g/mol. The van der Waals surface area contributed by atoms with Crippen molar-refractivity contribution in [2.45, 2.75) is 30.8 Å². The summed E-state index contributed by atoms with van der Waals surface area (Å²) in [6.07, 6.45) is 1.52. The second-order valence-corrected chi connectivity index (χ2v) is 10.1. The number of sulfonamides is 1. The molecule has 7 nitrogen and oxygen atoms in total. The molecule has 0 fully saturated rings. The molecule has 0 aliphatic rings. The van der Waals surface area contributed by atoms with Crippen LogP contribution < -0.4 is 10.5 Å². The summed E-state index contributed by atoms with van der Waals surface area (Å²) in [7, 11) is -4.09. The molecule has 0 aliphatic heterocycles. The lowest BCUT2D eigenvalue weighted by atomic mass is 10.1. The van der Waals surface area contributed by atoms with Crippen molar-refractivity contribution >= 4 is 44.6 Å². The molecule has 10 heteroatoms. The highest BCUT2D eigenvalue weighted by atomic mass is 35.5. The lowest BCUT2D eigenvalue weighted by Crippen LogP contribution is -2.17. The standard InChI is InChI=1S/C20H20ClN3O4S2/c1-20(2,26)19-23-11-16(29-19)14-8-7-13(10-17(14)30(22,27)28)24-18(25)9-12-5-3-4-6-15(12)21/h3-8,10-11,26H,9H2,1-2H3,(H,24,25)(H2,22,27,28). The smallest absolute Gasteiger partial charge is 0.238 e. The second kappa shape index (κ2) is 8.44. The van der Waals surface area contributed by atoms with Crippen molar-refractivity contribution in [1.82, 2.24) is 4.98 Å². The van der Waals surface area contributed by atoms with Crippen molar-refractivity contribution in [1.29, 1.82) is 0 Å². The molecule has 158 valence electrons. The van der Waals surface area contributed by atoms with E-state index >= 15 is 0 Å². The second-order valence-electron chi connectivity index (χ2n) is 7.16. The highest BCUT2D eigenvalue weighted by Crippen LogP contribution is 2.36. The van der Waals surface area contributed by atoms with Crippen LogP contribution >= 0.6 is 22.9 Å². The SMILES string of the molecule is CC(C)(O)c1ncc(-c2ccc(NC(=O)Cc3ccccc3Cl)cc2S(N)(=O)=O)s1. The third-order valence-corrected chi connectivity index (χ3v) is 6.84. The molecule has 0 saturated carbocycles. The molecule has 0 aliphatic carbocycles. The van der Waals surface area contributed by atoms with E-state index in [0.29, 0.717) is 26.0 Å². The fraction of sp³-hybridized carbons (Fsp3) is 0.200. The Balaban J connectivity index is 1.91. The van der Waals surface area contributed by atoms with E-state index in [1.54, 1.807) is 50.2 Å². The zero-order valence-electron chi connectivity index (χ0n) is 16.2. The molecule has 1 heterocycles. The number of aromatic nitrogens is 1. The van der Waals surface area contributed by atoms with E-state index in [2.05, 4.69) is 10.3 Å². The lowest BCUT2D eigenvalue weighted by molar-refractivity contribution is -0.115. The number of anilines is 1. The predicted octanol–water partition coefficient (Wildman–Crippen LogP) is 3.52. The van der Waals surface area contributed by atoms with E-state index in [1.165, 1.54) is 12.3 Å². The summed E-state index contributed by atoms with van der Waals surface area (Å²) in [5.41, 5.74) is 0.127. The fourth-order valence-corrected chi connectivity index (χ4v) is 4.74. The molecule has 2 aromatic carbocycles. The maximum atomic E-state index is 12.4. The Hall–Kier alpha value is -2.30. The molecule has 1 aromatic heterocycles. The molecule has 0 radical (unpaired) electrons. The van der Waals surface area contributed by atoms with Gasteiger partial charge in [0.15, 0.2) is 0 Å². The number of hydrogen-bond acceptors (Lipinski definition) is 6. The van der Waals surface area contributed by atoms with Crippen LogP contribution in [0.25, 0.3) is 10.4 Å². The summed E-state index contributed by atoms with van der Waals surface area (Å²) < 4.78 is 24.4. The van der Waals surface area contributed by atoms with Crippen LogP contribution in [0, 0.1) is 0 Å². The zero-order chi connectivity index (χ0) is 22.1. The van der Waals surface area contributed by atoms with Gasteiger partial charge in [0, 0.05) is 22.5 Å². The summed E-state index contributed by atoms with van der Waals surface area (Å²) in [5.74, 6) is -0.349. The Morgan fingerprint density at radius 2 is 1.97 bits per heavy atom. The van der Waals surface area contributed by atoms with Gasteiger partial charge in [0.1, 0.15) is 10.6 Å². The van der Waals surface area contributed by atoms with Gasteiger partial charge in [0.05, 0.1) is 16.2 Å². The Labute approximate surface area is 183 Å². The van der Waals surface area contributed by atoms with Crippen molar-refractivity contribution in [3.8, 4) is 10.4 Å². The quantitative estimate of drug-likeness (QED) is 0.514. The number of primary sulfonamides is 1. The van der Waals surface area contributed by atoms with Gasteiger partial charge < -0.3 is 10.4 Å². The summed E-state index contributed by atoms with van der Waals surface area (Å²) in [5, 5.41) is 19.1. The molecule has 0 spiro atoms. The minimum atomic E-state index is -4.09. The lowest BCUT2D eigenvalue weighted by Gasteiger charge is -2.13. The molecule has 0 unspecified atom stereocenters. The topological polar surface area (TPSA) is 122 Å². The number of carbonyl (C=O) groups is 1. The number of nitrogens with zero attached hydrogens (tertiary/aromatic N) is 1. The Morgan fingerprint density at radius 3 is 2.57 bits per heavy atom. The van der Waals surface area contributed by atoms with Crippen LogP contribution in [0.2, 0.25) is 5.02 Å². The van der Waals surface area contributed by atoms with Gasteiger partial charge in [-0.05, 0) is 37.6 Å². The van der Waals surface area contributed by atoms with Crippen LogP contribution in [0.4, 0.5) is 5.69 Å². The Morgan fingerprint density at radius 1 is 1.27 bits per heavy atom. The first-order valence-corrected chi connectivity index (χ1v) is 11.6. The van der Waals surface area contributed by atoms with E-state index in [4.69, 9.17) is 16.7 Å². The highest BCUT2D eigenvalue weighted by molar-refractivity contribution is 7.89. The van der Waals surface area contributed by atoms with Crippen molar-refractivity contribution in [3.05, 3.63) is 64.3 Å². The molecule has 1 amide bonds. The van der Waals surface area contributed by atoms with E-state index in [1.807, 2.05) is 0 Å². The summed E-state index contributed by atoms with van der Waals surface area (Å²) >= 11 is 7.24. The van der Waals surface area contributed by atoms with Gasteiger partial charge >= 0.3 is 0 Å². The summed E-state index contributed by atoms with van der Waals surface area (Å²) in [6.45, 7) is 3.18. The Kier molecular flexibility index (Phi) is 6.30. The number of nitrogens with two attached hydrogens (primary N) is 1. The van der Waals surface area contributed by atoms with Crippen LogP contribution in [0.5, 0.6) is 0 Å². The molecule has 4 N–H and O–H groups in total. The molecule has 30 heavy (non-hydrogen) atoms. The average molecular weight is 466 g/mol. The maximum Gasteiger partial charge on any atom is 0.238 e. The number of nitrogens with one attached hydrogen (secondary N) is 1. The molecular weight excluding hydrogens is 446 g/mol. The largest absolute Gasteiger partial charge is 0.383 e. The third-order valence-electron chi connectivity index (χ3n) is 4.18. The van der Waals surface area contributed by atoms with Crippen molar-refractivity contribution < 1.29 is 18.3 Å². The Bertz CT molecular complexity index is 1200. The van der Waals surface area contributed by atoms with Crippen LogP contribution in [-0.4, -0.2) is 24.4 Å². The van der Waals surface area contributed by atoms with Gasteiger partial charge in [-0.15, -0.1) is 11.3 Å². The average Bonchev–Trinajstić information content (AvgIpc) is 3.13. The molecule has 0 atom stereocenters. The molecule has 0 saturated heterocycles. The van der Waals surface area contributed by atoms with Crippen LogP contribution in [0.3, 0.4) is 0 Å². The summed E-state index contributed by atoms with van der Waals surface area (Å²) in [4.78, 5) is 16.9. The third kappa shape index (κ3) is 5.24. The fourth-order valence-electron chi connectivity index (χ4n) is 2.74. The molecule has 3 aromatic rings. The first-order chi connectivity index (χ1) is 13.9. The minimum Gasteiger partial charge on any atom is -0.383 e. The van der Waals surface area contributed by atoms with Gasteiger partial charge in [0.25, 0.3) is 0 Å². The molecule has 3 rings (SSSR count). The highest BCUT2D eigenvalue weighted by Gasteiger charge is 2.23. The van der Waals surface area contributed by atoms with E-state index in [0.717, 1.165) is 11.3 Å². The van der Waals surface area contributed by atoms with E-state index in [9.17, 15) is 18.3 Å². The number of halogens is 1. The van der Waals surface area contributed by atoms with Gasteiger partial charge in [-0.25, -0.2) is 18.5 Å². The normalized spacial score (nSPS) is 12.0. The first-order valence-electron chi connectivity index (χ1n) is 8.84. The van der Waals surface area contributed by atoms with Gasteiger partial charge in [-0.1, -0.05) is 35.9 Å². The first kappa shape index (κ1) is 22.4. The molecular formula is C20H20ClN3O4S2. The summed E-state index contributed by atoms with van der Waals surface area (Å²) in [6, 6.07) is 11.4. The van der Waals surface area contributed by atoms with Crippen LogP contribution in [0.15, 0.2) is 53.6 Å². The maximum absolute atomic E-state index is 12.4. The van der Waals surface area contributed by atoms with Crippen LogP contribution in [-0.2, 0) is 26.8 Å². The van der Waals surface area contributed by atoms with Gasteiger partial charge in [0.2, 0.25) is 15.9 Å². The number of aliphatic hydroxyl groups is 1. The number of amides is 1. The number of hydrogen-bond donors (Lipinski definition) is 3. The predicted molar refractivity (Wildman–Crippen MR) is 118 cm³/mol. The van der Waals surface area contributed by atoms with Crippen molar-refractivity contribution in [3.63, 3.8) is 0 Å². The number of thiazole rings is 1. The zero-order valence-corrected chi connectivity index (χ0v) is 18.6. The number of benzene rings is 2. The number of carbonyl (C=O) groups excluding carboxylic acids is 1. The number of rotatable bonds is 6. The van der Waals surface area contributed by atoms with Gasteiger partial charge in [-0.3, -0.25) is 4.79 Å². The minimum absolute atomic E-state index is 0.0376. The van der Waals surface area contributed by atoms with Crippen molar-refractivity contribution in [2.75, 3.05) is 5.32 Å². The van der Waals surface area contributed by atoms with Gasteiger partial charge in [-0.2, -0.15) is 0 Å². The van der Waals surface area contributed by atoms with E-state index in [-0.39, 0.29) is 22.9 Å². The van der Waals surface area contributed by atoms with Crippen LogP contribution in [0.1, 0.15) is 24.4 Å².